The van der Waals surface area contributed by atoms with Crippen LogP contribution in [0.5, 0.6) is 0 Å². The van der Waals surface area contributed by atoms with E-state index in [0.717, 1.165) is 23.3 Å². The average molecular weight is 523 g/mol. The third-order valence-electron chi connectivity index (χ3n) is 6.41. The van der Waals surface area contributed by atoms with Crippen LogP contribution in [0.2, 0.25) is 0 Å². The second kappa shape index (κ2) is 11.7. The van der Waals surface area contributed by atoms with Gasteiger partial charge in [0.15, 0.2) is 5.82 Å². The molecule has 0 bridgehead atoms. The third kappa shape index (κ3) is 5.89. The first-order chi connectivity index (χ1) is 17.8. The number of nitrogens with zero attached hydrogens (tertiary/aromatic N) is 6. The van der Waals surface area contributed by atoms with Gasteiger partial charge >= 0.3 is 0 Å². The number of nitro benzene ring substituents is 1. The number of carbonyl (C=O) groups is 1. The molecule has 0 saturated carbocycles. The minimum absolute atomic E-state index is 0.0372. The van der Waals surface area contributed by atoms with Crippen molar-refractivity contribution >= 4 is 28.9 Å². The van der Waals surface area contributed by atoms with Gasteiger partial charge in [-0.05, 0) is 52.4 Å². The Balaban J connectivity index is 1.54. The molecule has 1 atom stereocenters. The zero-order valence-electron chi connectivity index (χ0n) is 21.2. The van der Waals surface area contributed by atoms with Crippen molar-refractivity contribution < 1.29 is 14.5 Å². The van der Waals surface area contributed by atoms with Crippen LogP contribution >= 0.6 is 11.8 Å². The van der Waals surface area contributed by atoms with E-state index in [9.17, 15) is 14.9 Å². The van der Waals surface area contributed by atoms with E-state index in [0.29, 0.717) is 29.4 Å². The summed E-state index contributed by atoms with van der Waals surface area (Å²) in [4.78, 5) is 28.1. The third-order valence-corrected chi connectivity index (χ3v) is 7.56. The average Bonchev–Trinajstić information content (AvgIpc) is 3.37. The molecule has 1 aliphatic heterocycles. The number of aromatic nitrogens is 4. The smallest absolute Gasteiger partial charge is 0.283 e. The zero-order chi connectivity index (χ0) is 26.5. The van der Waals surface area contributed by atoms with Gasteiger partial charge in [-0.15, -0.1) is 5.10 Å². The lowest BCUT2D eigenvalue weighted by Crippen LogP contribution is -2.40. The fourth-order valence-electron chi connectivity index (χ4n) is 4.51. The number of carbonyl (C=O) groups excluding carboxylic acids is 1. The van der Waals surface area contributed by atoms with E-state index >= 15 is 0 Å². The van der Waals surface area contributed by atoms with Crippen molar-refractivity contribution in [3.05, 3.63) is 76.1 Å². The van der Waals surface area contributed by atoms with Crippen LogP contribution in [0.25, 0.3) is 5.57 Å². The van der Waals surface area contributed by atoms with Gasteiger partial charge in [0.05, 0.1) is 9.82 Å². The molecule has 1 saturated heterocycles. The number of likely N-dealkylation sites (tertiary alicyclic amines) is 1. The first-order valence-corrected chi connectivity index (χ1v) is 12.9. The van der Waals surface area contributed by atoms with E-state index in [1.807, 2.05) is 24.3 Å². The molecule has 37 heavy (non-hydrogen) atoms. The number of rotatable bonds is 9. The van der Waals surface area contributed by atoms with E-state index in [-0.39, 0.29) is 35.7 Å². The van der Waals surface area contributed by atoms with Gasteiger partial charge in [0, 0.05) is 42.7 Å². The van der Waals surface area contributed by atoms with Crippen LogP contribution in [0.15, 0.2) is 58.8 Å². The van der Waals surface area contributed by atoms with Crippen LogP contribution in [0.1, 0.15) is 55.5 Å². The number of nitro groups is 1. The van der Waals surface area contributed by atoms with Gasteiger partial charge in [0.2, 0.25) is 0 Å². The highest BCUT2D eigenvalue weighted by molar-refractivity contribution is 7.99. The van der Waals surface area contributed by atoms with Crippen molar-refractivity contribution in [1.82, 2.24) is 25.1 Å². The van der Waals surface area contributed by atoms with Crippen molar-refractivity contribution in [2.24, 2.45) is 0 Å². The topological polar surface area (TPSA) is 116 Å². The Morgan fingerprint density at radius 3 is 2.78 bits per heavy atom. The molecule has 4 rings (SSSR count). The minimum atomic E-state index is -0.409. The summed E-state index contributed by atoms with van der Waals surface area (Å²) >= 11 is 1.36. The van der Waals surface area contributed by atoms with Crippen molar-refractivity contribution in [2.75, 3.05) is 20.2 Å². The summed E-state index contributed by atoms with van der Waals surface area (Å²) in [6.45, 7) is 9.42. The molecule has 0 radical (unpaired) electrons. The van der Waals surface area contributed by atoms with E-state index in [4.69, 9.17) is 4.74 Å². The summed E-state index contributed by atoms with van der Waals surface area (Å²) in [5.74, 6) is 0.663. The first kappa shape index (κ1) is 26.5. The number of piperidine rings is 1. The normalized spacial score (nSPS) is 15.7. The molecule has 194 valence electrons. The van der Waals surface area contributed by atoms with Crippen molar-refractivity contribution in [2.45, 2.75) is 55.0 Å². The molecular formula is C26H30N6O4S. The molecule has 10 nitrogen and oxygen atoms in total. The lowest BCUT2D eigenvalue weighted by Gasteiger charge is -2.32. The molecule has 1 aliphatic rings. The molecule has 1 unspecified atom stereocenters. The van der Waals surface area contributed by atoms with Crippen molar-refractivity contribution in [3.8, 4) is 0 Å². The lowest BCUT2D eigenvalue weighted by atomic mass is 9.96. The molecule has 1 aromatic heterocycles. The predicted molar refractivity (Wildman–Crippen MR) is 140 cm³/mol. The van der Waals surface area contributed by atoms with Crippen molar-refractivity contribution in [3.63, 3.8) is 0 Å². The number of ether oxygens (including phenoxy) is 1. The minimum Gasteiger partial charge on any atom is -0.362 e. The van der Waals surface area contributed by atoms with Crippen LogP contribution in [0.4, 0.5) is 5.69 Å². The van der Waals surface area contributed by atoms with E-state index in [1.54, 1.807) is 28.8 Å². The number of hydrogen-bond donors (Lipinski definition) is 0. The van der Waals surface area contributed by atoms with Crippen LogP contribution in [-0.2, 0) is 16.3 Å². The van der Waals surface area contributed by atoms with Crippen LogP contribution in [0.3, 0.4) is 0 Å². The monoisotopic (exact) mass is 522 g/mol. The summed E-state index contributed by atoms with van der Waals surface area (Å²) in [5.41, 5.74) is 1.73. The van der Waals surface area contributed by atoms with E-state index in [1.165, 1.54) is 17.8 Å². The highest BCUT2D eigenvalue weighted by atomic mass is 32.2. The number of amides is 1. The summed E-state index contributed by atoms with van der Waals surface area (Å²) < 4.78 is 6.74. The molecule has 1 amide bonds. The number of benzene rings is 2. The molecule has 2 aromatic carbocycles. The standard InChI is InChI=1S/C26H30N6O4S/c1-17(2)21-9-5-6-10-23(21)37-24-12-11-19(14-22(24)32(34)35)18(3)26(33)30-13-7-8-20(15-30)25-27-28-29-31(25)16-36-4/h5-6,9-12,14,17,20H,3,7-8,13,15-16H2,1-2,4H3. The maximum Gasteiger partial charge on any atom is 0.283 e. The first-order valence-electron chi connectivity index (χ1n) is 12.1. The van der Waals surface area contributed by atoms with Gasteiger partial charge < -0.3 is 9.64 Å². The molecule has 1 fully saturated rings. The molecule has 11 heteroatoms. The summed E-state index contributed by atoms with van der Waals surface area (Å²) in [6.07, 6.45) is 1.63. The Hall–Kier alpha value is -3.57. The Kier molecular flexibility index (Phi) is 8.34. The molecule has 3 aromatic rings. The Morgan fingerprint density at radius 1 is 1.27 bits per heavy atom. The highest BCUT2D eigenvalue weighted by Gasteiger charge is 2.30. The maximum absolute atomic E-state index is 13.4. The summed E-state index contributed by atoms with van der Waals surface area (Å²) in [5, 5.41) is 23.8. The van der Waals surface area contributed by atoms with Gasteiger partial charge in [0.25, 0.3) is 11.6 Å². The fourth-order valence-corrected chi connectivity index (χ4v) is 5.69. The molecular weight excluding hydrogens is 492 g/mol. The molecule has 2 heterocycles. The van der Waals surface area contributed by atoms with Gasteiger partial charge in [-0.25, -0.2) is 4.68 Å². The highest BCUT2D eigenvalue weighted by Crippen LogP contribution is 2.39. The summed E-state index contributed by atoms with van der Waals surface area (Å²) in [7, 11) is 1.57. The zero-order valence-corrected chi connectivity index (χ0v) is 22.0. The Bertz CT molecular complexity index is 1310. The van der Waals surface area contributed by atoms with E-state index in [2.05, 4.69) is 36.0 Å². The van der Waals surface area contributed by atoms with Gasteiger partial charge in [0.1, 0.15) is 6.73 Å². The van der Waals surface area contributed by atoms with Crippen LogP contribution in [-0.4, -0.2) is 56.1 Å². The number of hydrogen-bond acceptors (Lipinski definition) is 8. The number of tetrazole rings is 1. The predicted octanol–water partition coefficient (Wildman–Crippen LogP) is 4.88. The Morgan fingerprint density at radius 2 is 2.05 bits per heavy atom. The molecule has 0 aliphatic carbocycles. The van der Waals surface area contributed by atoms with Gasteiger partial charge in [-0.2, -0.15) is 0 Å². The van der Waals surface area contributed by atoms with Crippen molar-refractivity contribution in [1.29, 1.82) is 0 Å². The molecule has 0 spiro atoms. The Labute approximate surface area is 219 Å². The fraction of sp³-hybridized carbons (Fsp3) is 0.385. The second-order valence-electron chi connectivity index (χ2n) is 9.26. The van der Waals surface area contributed by atoms with Gasteiger partial charge in [-0.3, -0.25) is 14.9 Å². The SMILES string of the molecule is C=C(C(=O)N1CCCC(c2nnnn2COC)C1)c1ccc(Sc2ccccc2C(C)C)c([N+](=O)[O-])c1. The second-order valence-corrected chi connectivity index (χ2v) is 10.3. The van der Waals surface area contributed by atoms with Crippen LogP contribution in [0, 0.1) is 10.1 Å². The largest absolute Gasteiger partial charge is 0.362 e. The van der Waals surface area contributed by atoms with Gasteiger partial charge in [-0.1, -0.05) is 56.5 Å². The van der Waals surface area contributed by atoms with E-state index < -0.39 is 4.92 Å². The number of methoxy groups -OCH3 is 1. The maximum atomic E-state index is 13.4. The van der Waals surface area contributed by atoms with Crippen LogP contribution < -0.4 is 0 Å². The lowest BCUT2D eigenvalue weighted by molar-refractivity contribution is -0.387. The summed E-state index contributed by atoms with van der Waals surface area (Å²) in [6, 6.07) is 12.8. The quantitative estimate of drug-likeness (QED) is 0.222. The molecule has 0 N–H and O–H groups in total.